The predicted octanol–water partition coefficient (Wildman–Crippen LogP) is 1.79. The van der Waals surface area contributed by atoms with E-state index >= 15 is 0 Å². The van der Waals surface area contributed by atoms with E-state index in [1.807, 2.05) is 19.1 Å². The number of guanidine groups is 1. The molecule has 26 heavy (non-hydrogen) atoms. The van der Waals surface area contributed by atoms with Gasteiger partial charge in [-0.05, 0) is 37.6 Å². The Bertz CT molecular complexity index is 696. The average Bonchev–Trinajstić information content (AvgIpc) is 2.55. The number of nitrogens with one attached hydrogen (secondary N) is 3. The summed E-state index contributed by atoms with van der Waals surface area (Å²) in [5, 5.41) is 9.02. The maximum atomic E-state index is 12.0. The normalized spacial score (nSPS) is 12.7. The minimum atomic E-state index is -2.97. The number of amides is 1. The lowest BCUT2D eigenvalue weighted by Crippen LogP contribution is -2.45. The van der Waals surface area contributed by atoms with Crippen LogP contribution in [0.15, 0.2) is 33.7 Å². The molecule has 0 spiro atoms. The van der Waals surface area contributed by atoms with Crippen LogP contribution in [-0.4, -0.2) is 58.5 Å². The van der Waals surface area contributed by atoms with Crippen molar-refractivity contribution >= 4 is 61.6 Å². The highest BCUT2D eigenvalue weighted by Gasteiger charge is 2.09. The summed E-state index contributed by atoms with van der Waals surface area (Å²) in [4.78, 5) is 16.1. The second kappa shape index (κ2) is 12.5. The van der Waals surface area contributed by atoms with Gasteiger partial charge in [-0.2, -0.15) is 0 Å². The van der Waals surface area contributed by atoms with Gasteiger partial charge in [0.2, 0.25) is 0 Å². The van der Waals surface area contributed by atoms with E-state index < -0.39 is 9.84 Å². The van der Waals surface area contributed by atoms with Crippen LogP contribution in [0.3, 0.4) is 0 Å². The number of benzene rings is 1. The molecular formula is C16H26BrIN4O3S. The Morgan fingerprint density at radius 3 is 2.31 bits per heavy atom. The third-order valence-corrected chi connectivity index (χ3v) is 4.84. The van der Waals surface area contributed by atoms with E-state index in [4.69, 9.17) is 0 Å². The van der Waals surface area contributed by atoms with Crippen molar-refractivity contribution < 1.29 is 13.2 Å². The van der Waals surface area contributed by atoms with Crippen LogP contribution in [-0.2, 0) is 9.84 Å². The molecule has 0 heterocycles. The molecule has 1 rings (SSSR count). The van der Waals surface area contributed by atoms with Gasteiger partial charge in [0.15, 0.2) is 5.96 Å². The summed E-state index contributed by atoms with van der Waals surface area (Å²) < 4.78 is 23.3. The van der Waals surface area contributed by atoms with Gasteiger partial charge in [-0.25, -0.2) is 8.42 Å². The molecule has 0 radical (unpaired) electrons. The van der Waals surface area contributed by atoms with E-state index in [9.17, 15) is 13.2 Å². The summed E-state index contributed by atoms with van der Waals surface area (Å²) in [6.07, 6.45) is 1.72. The van der Waals surface area contributed by atoms with Gasteiger partial charge < -0.3 is 16.0 Å². The van der Waals surface area contributed by atoms with Crippen LogP contribution in [0, 0.1) is 0 Å². The fraction of sp³-hybridized carbons (Fsp3) is 0.500. The highest BCUT2D eigenvalue weighted by Crippen LogP contribution is 2.10. The van der Waals surface area contributed by atoms with Gasteiger partial charge in [-0.15, -0.1) is 24.0 Å². The number of hydrogen-bond donors (Lipinski definition) is 3. The van der Waals surface area contributed by atoms with Crippen molar-refractivity contribution in [3.63, 3.8) is 0 Å². The quantitative estimate of drug-likeness (QED) is 0.195. The molecule has 0 aliphatic rings. The summed E-state index contributed by atoms with van der Waals surface area (Å²) in [7, 11) is -1.33. The van der Waals surface area contributed by atoms with Crippen molar-refractivity contribution in [3.8, 4) is 0 Å². The number of nitrogens with zero attached hydrogens (tertiary/aromatic N) is 1. The monoisotopic (exact) mass is 560 g/mol. The number of hydrogen-bond acceptors (Lipinski definition) is 4. The molecule has 1 aromatic carbocycles. The van der Waals surface area contributed by atoms with Crippen LogP contribution in [0.1, 0.15) is 23.7 Å². The standard InChI is InChI=1S/C16H25BrN4O3S.HI/c1-12(8-11-25(3,23)24)21-16(18-2)20-10-9-19-15(22)13-4-6-14(17)7-5-13;/h4-7,12H,8-11H2,1-3H3,(H,19,22)(H2,18,20,21);1H. The first kappa shape index (κ1) is 25.1. The summed E-state index contributed by atoms with van der Waals surface area (Å²) in [5.74, 6) is 0.555. The van der Waals surface area contributed by atoms with Crippen molar-refractivity contribution in [1.82, 2.24) is 16.0 Å². The fourth-order valence-corrected chi connectivity index (χ4v) is 3.00. The molecule has 10 heteroatoms. The zero-order chi connectivity index (χ0) is 18.9. The first-order chi connectivity index (χ1) is 11.7. The van der Waals surface area contributed by atoms with Crippen molar-refractivity contribution in [2.45, 2.75) is 19.4 Å². The molecule has 0 aromatic heterocycles. The van der Waals surface area contributed by atoms with E-state index in [1.54, 1.807) is 19.2 Å². The number of rotatable bonds is 8. The summed E-state index contributed by atoms with van der Waals surface area (Å²) in [6.45, 7) is 2.83. The van der Waals surface area contributed by atoms with E-state index in [2.05, 4.69) is 36.9 Å². The van der Waals surface area contributed by atoms with Crippen LogP contribution >= 0.6 is 39.9 Å². The first-order valence-electron chi connectivity index (χ1n) is 7.90. The van der Waals surface area contributed by atoms with Crippen molar-refractivity contribution in [2.24, 2.45) is 4.99 Å². The number of carbonyl (C=O) groups excluding carboxylic acids is 1. The molecule has 148 valence electrons. The Hall–Kier alpha value is -0.880. The van der Waals surface area contributed by atoms with Gasteiger partial charge in [0.25, 0.3) is 5.91 Å². The fourth-order valence-electron chi connectivity index (χ4n) is 1.95. The SMILES string of the molecule is CN=C(NCCNC(=O)c1ccc(Br)cc1)NC(C)CCS(C)(=O)=O.I. The molecule has 0 saturated carbocycles. The van der Waals surface area contributed by atoms with Gasteiger partial charge in [0.05, 0.1) is 5.75 Å². The molecule has 0 fully saturated rings. The van der Waals surface area contributed by atoms with E-state index in [-0.39, 0.29) is 41.7 Å². The van der Waals surface area contributed by atoms with Gasteiger partial charge in [0, 0.05) is 42.5 Å². The highest BCUT2D eigenvalue weighted by atomic mass is 127. The average molecular weight is 561 g/mol. The second-order valence-electron chi connectivity index (χ2n) is 5.73. The minimum absolute atomic E-state index is 0. The molecule has 0 aliphatic carbocycles. The Balaban J connectivity index is 0.00000625. The number of aliphatic imine (C=N–C) groups is 1. The topological polar surface area (TPSA) is 99.7 Å². The van der Waals surface area contributed by atoms with Crippen LogP contribution in [0.4, 0.5) is 0 Å². The van der Waals surface area contributed by atoms with E-state index in [1.165, 1.54) is 6.26 Å². The lowest BCUT2D eigenvalue weighted by Gasteiger charge is -2.17. The van der Waals surface area contributed by atoms with E-state index in [0.29, 0.717) is 31.0 Å². The Morgan fingerprint density at radius 1 is 1.19 bits per heavy atom. The summed E-state index contributed by atoms with van der Waals surface area (Å²) in [6, 6.07) is 7.10. The zero-order valence-electron chi connectivity index (χ0n) is 15.1. The summed E-state index contributed by atoms with van der Waals surface area (Å²) >= 11 is 3.33. The van der Waals surface area contributed by atoms with Gasteiger partial charge in [-0.1, -0.05) is 15.9 Å². The first-order valence-corrected chi connectivity index (χ1v) is 10.8. The molecule has 0 aliphatic heterocycles. The number of halogens is 2. The van der Waals surface area contributed by atoms with Gasteiger partial charge >= 0.3 is 0 Å². The predicted molar refractivity (Wildman–Crippen MR) is 120 cm³/mol. The molecule has 1 atom stereocenters. The lowest BCUT2D eigenvalue weighted by molar-refractivity contribution is 0.0954. The van der Waals surface area contributed by atoms with Crippen molar-refractivity contribution in [1.29, 1.82) is 0 Å². The number of sulfone groups is 1. The molecule has 7 nitrogen and oxygen atoms in total. The molecular weight excluding hydrogens is 535 g/mol. The Kier molecular flexibility index (Phi) is 12.1. The zero-order valence-corrected chi connectivity index (χ0v) is 19.8. The molecule has 0 bridgehead atoms. The third kappa shape index (κ3) is 11.0. The lowest BCUT2D eigenvalue weighted by atomic mass is 10.2. The number of carbonyl (C=O) groups is 1. The van der Waals surface area contributed by atoms with Crippen LogP contribution in [0.25, 0.3) is 0 Å². The van der Waals surface area contributed by atoms with Gasteiger partial charge in [0.1, 0.15) is 9.84 Å². The highest BCUT2D eigenvalue weighted by molar-refractivity contribution is 14.0. The third-order valence-electron chi connectivity index (χ3n) is 3.34. The Morgan fingerprint density at radius 2 is 1.77 bits per heavy atom. The minimum Gasteiger partial charge on any atom is -0.355 e. The van der Waals surface area contributed by atoms with Gasteiger partial charge in [-0.3, -0.25) is 9.79 Å². The van der Waals surface area contributed by atoms with Crippen LogP contribution in [0.2, 0.25) is 0 Å². The smallest absolute Gasteiger partial charge is 0.251 e. The summed E-state index contributed by atoms with van der Waals surface area (Å²) in [5.41, 5.74) is 0.597. The molecule has 3 N–H and O–H groups in total. The van der Waals surface area contributed by atoms with Crippen LogP contribution < -0.4 is 16.0 Å². The largest absolute Gasteiger partial charge is 0.355 e. The van der Waals surface area contributed by atoms with Crippen molar-refractivity contribution in [3.05, 3.63) is 34.3 Å². The van der Waals surface area contributed by atoms with E-state index in [0.717, 1.165) is 4.47 Å². The second-order valence-corrected chi connectivity index (χ2v) is 8.90. The molecule has 0 saturated heterocycles. The van der Waals surface area contributed by atoms with Crippen LogP contribution in [0.5, 0.6) is 0 Å². The molecule has 1 aromatic rings. The molecule has 1 amide bonds. The maximum Gasteiger partial charge on any atom is 0.251 e. The molecule has 1 unspecified atom stereocenters. The van der Waals surface area contributed by atoms with Crippen molar-refractivity contribution in [2.75, 3.05) is 32.1 Å². The maximum absolute atomic E-state index is 12.0. The Labute approximate surface area is 180 Å².